The molecular formula is C21H33NO3. The topological polar surface area (TPSA) is 55.4 Å². The van der Waals surface area contributed by atoms with Gasteiger partial charge < -0.3 is 10.1 Å². The summed E-state index contributed by atoms with van der Waals surface area (Å²) in [6.07, 6.45) is 0.230. The summed E-state index contributed by atoms with van der Waals surface area (Å²) < 4.78 is 5.27. The Labute approximate surface area is 152 Å². The fraction of sp³-hybridized carbons (Fsp3) is 0.619. The van der Waals surface area contributed by atoms with E-state index >= 15 is 0 Å². The van der Waals surface area contributed by atoms with E-state index in [4.69, 9.17) is 4.74 Å². The average Bonchev–Trinajstić information content (AvgIpc) is 2.45. The molecule has 0 aliphatic carbocycles. The fourth-order valence-corrected chi connectivity index (χ4v) is 2.63. The van der Waals surface area contributed by atoms with Crippen molar-refractivity contribution >= 4 is 11.9 Å². The smallest absolute Gasteiger partial charge is 0.306 e. The minimum absolute atomic E-state index is 0.0332. The van der Waals surface area contributed by atoms with E-state index in [9.17, 15) is 9.59 Å². The first-order valence-electron chi connectivity index (χ1n) is 8.97. The summed E-state index contributed by atoms with van der Waals surface area (Å²) in [7, 11) is 0. The summed E-state index contributed by atoms with van der Waals surface area (Å²) >= 11 is 0. The van der Waals surface area contributed by atoms with Crippen LogP contribution in [0.5, 0.6) is 0 Å². The zero-order valence-corrected chi connectivity index (χ0v) is 16.9. The van der Waals surface area contributed by atoms with E-state index in [1.54, 1.807) is 0 Å². The molecular weight excluding hydrogens is 314 g/mol. The number of benzene rings is 1. The number of hydrogen-bond donors (Lipinski definition) is 1. The van der Waals surface area contributed by atoms with Gasteiger partial charge in [0, 0.05) is 11.3 Å². The molecule has 0 saturated carbocycles. The Bertz CT molecular complexity index is 598. The van der Waals surface area contributed by atoms with Gasteiger partial charge in [0.1, 0.15) is 0 Å². The van der Waals surface area contributed by atoms with Crippen molar-refractivity contribution in [2.24, 2.45) is 5.92 Å². The SMILES string of the molecule is CC(C)OC(=O)CC(C)(C)c1ccc(C(C)(C)NC(=O)C(C)C)cc1. The number of carbonyl (C=O) groups is 2. The molecule has 25 heavy (non-hydrogen) atoms. The number of hydrogen-bond acceptors (Lipinski definition) is 3. The van der Waals surface area contributed by atoms with Crippen molar-refractivity contribution in [1.82, 2.24) is 5.32 Å². The molecule has 1 amide bonds. The number of carbonyl (C=O) groups excluding carboxylic acids is 2. The summed E-state index contributed by atoms with van der Waals surface area (Å²) in [4.78, 5) is 24.0. The van der Waals surface area contributed by atoms with Crippen LogP contribution in [0.4, 0.5) is 0 Å². The molecule has 1 N–H and O–H groups in total. The summed E-state index contributed by atoms with van der Waals surface area (Å²) in [5.74, 6) is -0.205. The molecule has 0 aliphatic rings. The molecule has 1 rings (SSSR count). The van der Waals surface area contributed by atoms with Gasteiger partial charge in [-0.1, -0.05) is 52.0 Å². The van der Waals surface area contributed by atoms with Gasteiger partial charge in [0.25, 0.3) is 0 Å². The Kier molecular flexibility index (Phi) is 6.81. The molecule has 4 nitrogen and oxygen atoms in total. The van der Waals surface area contributed by atoms with E-state index in [1.807, 2.05) is 79.7 Å². The van der Waals surface area contributed by atoms with Crippen molar-refractivity contribution in [3.05, 3.63) is 35.4 Å². The second kappa shape index (κ2) is 8.03. The van der Waals surface area contributed by atoms with E-state index in [2.05, 4.69) is 5.32 Å². The van der Waals surface area contributed by atoms with E-state index in [0.29, 0.717) is 6.42 Å². The second-order valence-electron chi connectivity index (χ2n) is 8.45. The second-order valence-corrected chi connectivity index (χ2v) is 8.45. The molecule has 140 valence electrons. The van der Waals surface area contributed by atoms with Crippen LogP contribution in [-0.4, -0.2) is 18.0 Å². The Morgan fingerprint density at radius 2 is 1.44 bits per heavy atom. The molecule has 0 saturated heterocycles. The normalized spacial score (nSPS) is 12.4. The highest BCUT2D eigenvalue weighted by atomic mass is 16.5. The van der Waals surface area contributed by atoms with Gasteiger partial charge in [0.15, 0.2) is 0 Å². The highest BCUT2D eigenvalue weighted by Crippen LogP contribution is 2.30. The van der Waals surface area contributed by atoms with Crippen molar-refractivity contribution in [3.63, 3.8) is 0 Å². The van der Waals surface area contributed by atoms with Gasteiger partial charge in [-0.3, -0.25) is 9.59 Å². The number of amides is 1. The zero-order chi connectivity index (χ0) is 19.4. The molecule has 0 bridgehead atoms. The fourth-order valence-electron chi connectivity index (χ4n) is 2.63. The minimum atomic E-state index is -0.444. The molecule has 4 heteroatoms. The largest absolute Gasteiger partial charge is 0.463 e. The number of esters is 1. The van der Waals surface area contributed by atoms with Gasteiger partial charge in [-0.15, -0.1) is 0 Å². The van der Waals surface area contributed by atoms with Crippen molar-refractivity contribution < 1.29 is 14.3 Å². The van der Waals surface area contributed by atoms with Crippen molar-refractivity contribution in [2.75, 3.05) is 0 Å². The first-order valence-corrected chi connectivity index (χ1v) is 8.97. The highest BCUT2D eigenvalue weighted by Gasteiger charge is 2.28. The van der Waals surface area contributed by atoms with Crippen molar-refractivity contribution in [2.45, 2.75) is 78.9 Å². The molecule has 0 heterocycles. The Morgan fingerprint density at radius 3 is 1.88 bits per heavy atom. The van der Waals surface area contributed by atoms with Crippen molar-refractivity contribution in [1.29, 1.82) is 0 Å². The predicted molar refractivity (Wildman–Crippen MR) is 101 cm³/mol. The van der Waals surface area contributed by atoms with Crippen LogP contribution >= 0.6 is 0 Å². The zero-order valence-electron chi connectivity index (χ0n) is 16.9. The van der Waals surface area contributed by atoms with Gasteiger partial charge >= 0.3 is 5.97 Å². The van der Waals surface area contributed by atoms with Crippen LogP contribution in [0.15, 0.2) is 24.3 Å². The highest BCUT2D eigenvalue weighted by molar-refractivity contribution is 5.78. The Hall–Kier alpha value is -1.84. The molecule has 1 aromatic rings. The third-order valence-electron chi connectivity index (χ3n) is 4.30. The molecule has 0 radical (unpaired) electrons. The van der Waals surface area contributed by atoms with E-state index < -0.39 is 5.54 Å². The van der Waals surface area contributed by atoms with Gasteiger partial charge in [0.2, 0.25) is 5.91 Å². The monoisotopic (exact) mass is 347 g/mol. The van der Waals surface area contributed by atoms with Crippen molar-refractivity contribution in [3.8, 4) is 0 Å². The maximum absolute atomic E-state index is 12.0. The summed E-state index contributed by atoms with van der Waals surface area (Å²) in [5.41, 5.74) is 1.35. The minimum Gasteiger partial charge on any atom is -0.463 e. The lowest BCUT2D eigenvalue weighted by atomic mass is 9.80. The Morgan fingerprint density at radius 1 is 0.960 bits per heavy atom. The van der Waals surface area contributed by atoms with Crippen LogP contribution in [0.3, 0.4) is 0 Å². The van der Waals surface area contributed by atoms with Crippen LogP contribution in [0.1, 0.15) is 72.9 Å². The van der Waals surface area contributed by atoms with E-state index in [1.165, 1.54) is 0 Å². The van der Waals surface area contributed by atoms with Gasteiger partial charge in [-0.05, 0) is 38.8 Å². The van der Waals surface area contributed by atoms with Gasteiger partial charge in [-0.2, -0.15) is 0 Å². The summed E-state index contributed by atoms with van der Waals surface area (Å²) in [6.45, 7) is 15.5. The lowest BCUT2D eigenvalue weighted by molar-refractivity contribution is -0.148. The van der Waals surface area contributed by atoms with E-state index in [-0.39, 0.29) is 29.3 Å². The lowest BCUT2D eigenvalue weighted by Crippen LogP contribution is -2.43. The van der Waals surface area contributed by atoms with Crippen LogP contribution < -0.4 is 5.32 Å². The third-order valence-corrected chi connectivity index (χ3v) is 4.30. The Balaban J connectivity index is 2.90. The first-order chi connectivity index (χ1) is 11.3. The predicted octanol–water partition coefficient (Wildman–Crippen LogP) is 4.31. The number of nitrogens with one attached hydrogen (secondary N) is 1. The quantitative estimate of drug-likeness (QED) is 0.748. The average molecular weight is 347 g/mol. The van der Waals surface area contributed by atoms with Crippen LogP contribution in [0, 0.1) is 5.92 Å². The maximum Gasteiger partial charge on any atom is 0.306 e. The molecule has 1 aromatic carbocycles. The van der Waals surface area contributed by atoms with Crippen LogP contribution in [-0.2, 0) is 25.3 Å². The molecule has 0 aliphatic heterocycles. The van der Waals surface area contributed by atoms with Gasteiger partial charge in [-0.25, -0.2) is 0 Å². The maximum atomic E-state index is 12.0. The van der Waals surface area contributed by atoms with E-state index in [0.717, 1.165) is 11.1 Å². The number of ether oxygens (including phenoxy) is 1. The first kappa shape index (κ1) is 21.2. The summed E-state index contributed by atoms with van der Waals surface area (Å²) in [6, 6.07) is 8.10. The molecule has 0 atom stereocenters. The molecule has 0 unspecified atom stereocenters. The number of rotatable bonds is 7. The molecule has 0 fully saturated rings. The standard InChI is InChI=1S/C21H33NO3/c1-14(2)19(24)22-21(7,8)17-11-9-16(10-12-17)20(5,6)13-18(23)25-15(3)4/h9-12,14-15H,13H2,1-8H3,(H,22,24). The van der Waals surface area contributed by atoms with Crippen LogP contribution in [0.25, 0.3) is 0 Å². The lowest BCUT2D eigenvalue weighted by Gasteiger charge is -2.30. The third kappa shape index (κ3) is 6.18. The summed E-state index contributed by atoms with van der Waals surface area (Å²) in [5, 5.41) is 3.07. The van der Waals surface area contributed by atoms with Crippen LogP contribution in [0.2, 0.25) is 0 Å². The molecule has 0 aromatic heterocycles. The molecule has 0 spiro atoms. The van der Waals surface area contributed by atoms with Gasteiger partial charge in [0.05, 0.1) is 18.1 Å².